The topological polar surface area (TPSA) is 56.7 Å². The standard InChI is InChI=1S/C19H29FN4O.HI/c1-21-19(24(2)14-15-8-10-16(20)11-9-15)22-13-12-18(25)23-17-6-4-3-5-7-17;/h8-11,17H,3-7,12-14H2,1-2H3,(H,21,22)(H,23,25);1H. The van der Waals surface area contributed by atoms with Crippen LogP contribution in [0.5, 0.6) is 0 Å². The van der Waals surface area contributed by atoms with Crippen molar-refractivity contribution in [3.63, 3.8) is 0 Å². The van der Waals surface area contributed by atoms with Crippen LogP contribution in [-0.2, 0) is 11.3 Å². The molecule has 2 N–H and O–H groups in total. The summed E-state index contributed by atoms with van der Waals surface area (Å²) in [6.07, 6.45) is 6.33. The number of aliphatic imine (C=N–C) groups is 1. The summed E-state index contributed by atoms with van der Waals surface area (Å²) in [5, 5.41) is 6.33. The van der Waals surface area contributed by atoms with Crippen LogP contribution in [0.15, 0.2) is 29.3 Å². The Morgan fingerprint density at radius 1 is 1.23 bits per heavy atom. The van der Waals surface area contributed by atoms with Gasteiger partial charge in [-0.05, 0) is 30.5 Å². The molecule has 0 bridgehead atoms. The first-order valence-electron chi connectivity index (χ1n) is 9.04. The molecule has 1 aliphatic carbocycles. The normalized spacial score (nSPS) is 15.1. The van der Waals surface area contributed by atoms with Crippen LogP contribution in [-0.4, -0.2) is 43.4 Å². The van der Waals surface area contributed by atoms with Crippen molar-refractivity contribution >= 4 is 35.8 Å². The lowest BCUT2D eigenvalue weighted by Crippen LogP contribution is -2.41. The summed E-state index contributed by atoms with van der Waals surface area (Å²) in [5.41, 5.74) is 1.00. The van der Waals surface area contributed by atoms with Crippen LogP contribution < -0.4 is 10.6 Å². The predicted octanol–water partition coefficient (Wildman–Crippen LogP) is 3.29. The van der Waals surface area contributed by atoms with Gasteiger partial charge in [0, 0.05) is 39.6 Å². The minimum absolute atomic E-state index is 0. The number of carbonyl (C=O) groups is 1. The Morgan fingerprint density at radius 2 is 1.88 bits per heavy atom. The zero-order valence-corrected chi connectivity index (χ0v) is 18.0. The minimum atomic E-state index is -0.238. The first-order chi connectivity index (χ1) is 12.1. The van der Waals surface area contributed by atoms with Gasteiger partial charge in [0.25, 0.3) is 0 Å². The largest absolute Gasteiger partial charge is 0.356 e. The fraction of sp³-hybridized carbons (Fsp3) is 0.579. The Hall–Kier alpha value is -1.38. The van der Waals surface area contributed by atoms with Gasteiger partial charge in [0.15, 0.2) is 5.96 Å². The average molecular weight is 476 g/mol. The maximum atomic E-state index is 13.0. The smallest absolute Gasteiger partial charge is 0.221 e. The van der Waals surface area contributed by atoms with Gasteiger partial charge in [-0.3, -0.25) is 9.79 Å². The third kappa shape index (κ3) is 7.88. The number of rotatable bonds is 6. The monoisotopic (exact) mass is 476 g/mol. The van der Waals surface area contributed by atoms with Crippen LogP contribution >= 0.6 is 24.0 Å². The van der Waals surface area contributed by atoms with Crippen molar-refractivity contribution in [2.45, 2.75) is 51.1 Å². The summed E-state index contributed by atoms with van der Waals surface area (Å²) in [6.45, 7) is 1.16. The van der Waals surface area contributed by atoms with Crippen LogP contribution in [0, 0.1) is 5.82 Å². The fourth-order valence-corrected chi connectivity index (χ4v) is 3.16. The number of benzene rings is 1. The highest BCUT2D eigenvalue weighted by atomic mass is 127. The average Bonchev–Trinajstić information content (AvgIpc) is 2.61. The number of nitrogens with one attached hydrogen (secondary N) is 2. The second-order valence-electron chi connectivity index (χ2n) is 6.61. The van der Waals surface area contributed by atoms with Gasteiger partial charge in [-0.15, -0.1) is 24.0 Å². The van der Waals surface area contributed by atoms with E-state index in [1.54, 1.807) is 19.2 Å². The zero-order valence-electron chi connectivity index (χ0n) is 15.6. The molecule has 0 unspecified atom stereocenters. The van der Waals surface area contributed by atoms with E-state index in [9.17, 15) is 9.18 Å². The molecule has 0 aliphatic heterocycles. The van der Waals surface area contributed by atoms with E-state index in [-0.39, 0.29) is 35.7 Å². The molecule has 26 heavy (non-hydrogen) atoms. The second-order valence-corrected chi connectivity index (χ2v) is 6.61. The molecule has 7 heteroatoms. The zero-order chi connectivity index (χ0) is 18.1. The van der Waals surface area contributed by atoms with Crippen molar-refractivity contribution in [2.24, 2.45) is 4.99 Å². The van der Waals surface area contributed by atoms with Crippen LogP contribution in [0.2, 0.25) is 0 Å². The first kappa shape index (κ1) is 22.7. The Kier molecular flexibility index (Phi) is 10.5. The van der Waals surface area contributed by atoms with Crippen molar-refractivity contribution < 1.29 is 9.18 Å². The molecule has 0 atom stereocenters. The summed E-state index contributed by atoms with van der Waals surface area (Å²) in [5.74, 6) is 0.573. The van der Waals surface area contributed by atoms with Gasteiger partial charge in [-0.2, -0.15) is 0 Å². The van der Waals surface area contributed by atoms with Crippen molar-refractivity contribution in [1.82, 2.24) is 15.5 Å². The number of guanidine groups is 1. The molecule has 1 aromatic carbocycles. The molecule has 2 rings (SSSR count). The number of hydrogen-bond acceptors (Lipinski definition) is 2. The van der Waals surface area contributed by atoms with E-state index in [1.165, 1.54) is 31.4 Å². The molecule has 0 heterocycles. The van der Waals surface area contributed by atoms with Crippen LogP contribution in [0.3, 0.4) is 0 Å². The summed E-state index contributed by atoms with van der Waals surface area (Å²) in [4.78, 5) is 18.2. The number of amides is 1. The quantitative estimate of drug-likeness (QED) is 0.377. The fourth-order valence-electron chi connectivity index (χ4n) is 3.16. The Morgan fingerprint density at radius 3 is 2.50 bits per heavy atom. The molecule has 0 aromatic heterocycles. The van der Waals surface area contributed by atoms with Gasteiger partial charge < -0.3 is 15.5 Å². The highest BCUT2D eigenvalue weighted by molar-refractivity contribution is 14.0. The molecule has 0 radical (unpaired) electrons. The summed E-state index contributed by atoms with van der Waals surface area (Å²) in [6, 6.07) is 6.78. The molecule has 1 aromatic rings. The molecule has 1 amide bonds. The Labute approximate surface area is 172 Å². The lowest BCUT2D eigenvalue weighted by Gasteiger charge is -2.24. The highest BCUT2D eigenvalue weighted by Crippen LogP contribution is 2.17. The number of hydrogen-bond donors (Lipinski definition) is 2. The first-order valence-corrected chi connectivity index (χ1v) is 9.04. The van der Waals surface area contributed by atoms with Gasteiger partial charge in [0.1, 0.15) is 5.82 Å². The molecule has 0 saturated heterocycles. The Balaban J connectivity index is 0.00000338. The van der Waals surface area contributed by atoms with E-state index in [4.69, 9.17) is 0 Å². The van der Waals surface area contributed by atoms with Crippen molar-refractivity contribution in [3.8, 4) is 0 Å². The molecular weight excluding hydrogens is 446 g/mol. The molecule has 1 aliphatic rings. The van der Waals surface area contributed by atoms with E-state index >= 15 is 0 Å². The SMILES string of the molecule is CN=C(NCCC(=O)NC1CCCCC1)N(C)Cc1ccc(F)cc1.I. The van der Waals surface area contributed by atoms with Gasteiger partial charge in [-0.1, -0.05) is 31.4 Å². The maximum absolute atomic E-state index is 13.0. The van der Waals surface area contributed by atoms with E-state index in [0.29, 0.717) is 25.6 Å². The molecule has 0 spiro atoms. The third-order valence-electron chi connectivity index (χ3n) is 4.51. The summed E-state index contributed by atoms with van der Waals surface area (Å²) < 4.78 is 13.0. The van der Waals surface area contributed by atoms with E-state index in [2.05, 4.69) is 15.6 Å². The third-order valence-corrected chi connectivity index (χ3v) is 4.51. The minimum Gasteiger partial charge on any atom is -0.356 e. The van der Waals surface area contributed by atoms with Gasteiger partial charge in [-0.25, -0.2) is 4.39 Å². The lowest BCUT2D eigenvalue weighted by atomic mass is 9.95. The molecule has 1 saturated carbocycles. The molecule has 146 valence electrons. The van der Waals surface area contributed by atoms with Crippen molar-refractivity contribution in [3.05, 3.63) is 35.6 Å². The Bertz CT molecular complexity index is 573. The van der Waals surface area contributed by atoms with Crippen LogP contribution in [0.4, 0.5) is 4.39 Å². The summed E-state index contributed by atoms with van der Waals surface area (Å²) in [7, 11) is 3.63. The van der Waals surface area contributed by atoms with Crippen LogP contribution in [0.1, 0.15) is 44.1 Å². The van der Waals surface area contributed by atoms with Crippen molar-refractivity contribution in [1.29, 1.82) is 0 Å². The second kappa shape index (κ2) is 12.1. The van der Waals surface area contributed by atoms with E-state index < -0.39 is 0 Å². The van der Waals surface area contributed by atoms with E-state index in [0.717, 1.165) is 24.4 Å². The predicted molar refractivity (Wildman–Crippen MR) is 114 cm³/mol. The molecular formula is C19H30FIN4O. The number of nitrogens with zero attached hydrogens (tertiary/aromatic N) is 2. The van der Waals surface area contributed by atoms with Gasteiger partial charge in [0.05, 0.1) is 0 Å². The maximum Gasteiger partial charge on any atom is 0.221 e. The highest BCUT2D eigenvalue weighted by Gasteiger charge is 2.15. The molecule has 5 nitrogen and oxygen atoms in total. The number of halogens is 2. The van der Waals surface area contributed by atoms with Crippen LogP contribution in [0.25, 0.3) is 0 Å². The lowest BCUT2D eigenvalue weighted by molar-refractivity contribution is -0.121. The van der Waals surface area contributed by atoms with Gasteiger partial charge >= 0.3 is 0 Å². The van der Waals surface area contributed by atoms with Crippen molar-refractivity contribution in [2.75, 3.05) is 20.6 Å². The van der Waals surface area contributed by atoms with Gasteiger partial charge in [0.2, 0.25) is 5.91 Å². The number of carbonyl (C=O) groups excluding carboxylic acids is 1. The molecule has 1 fully saturated rings. The summed E-state index contributed by atoms with van der Waals surface area (Å²) >= 11 is 0. The van der Waals surface area contributed by atoms with E-state index in [1.807, 2.05) is 11.9 Å².